The highest BCUT2D eigenvalue weighted by atomic mass is 19.1. The summed E-state index contributed by atoms with van der Waals surface area (Å²) in [4.78, 5) is 12.7. The van der Waals surface area contributed by atoms with E-state index in [0.717, 1.165) is 11.6 Å². The fourth-order valence-corrected chi connectivity index (χ4v) is 3.18. The van der Waals surface area contributed by atoms with Gasteiger partial charge in [0.2, 0.25) is 0 Å². The highest BCUT2D eigenvalue weighted by molar-refractivity contribution is 6.01. The number of benzene rings is 2. The molecular formula is C22H18F2N4O. The lowest BCUT2D eigenvalue weighted by atomic mass is 10.0. The zero-order valence-electron chi connectivity index (χ0n) is 15.6. The van der Waals surface area contributed by atoms with Crippen LogP contribution >= 0.6 is 0 Å². The van der Waals surface area contributed by atoms with E-state index in [-0.39, 0.29) is 11.5 Å². The Morgan fingerprint density at radius 2 is 1.86 bits per heavy atom. The van der Waals surface area contributed by atoms with Gasteiger partial charge in [0.15, 0.2) is 0 Å². The Labute approximate surface area is 166 Å². The Hall–Kier alpha value is -3.74. The minimum absolute atomic E-state index is 0.232. The van der Waals surface area contributed by atoms with E-state index in [9.17, 15) is 13.6 Å². The predicted octanol–water partition coefficient (Wildman–Crippen LogP) is 3.68. The quantitative estimate of drug-likeness (QED) is 0.766. The van der Waals surface area contributed by atoms with Crippen molar-refractivity contribution >= 4 is 28.6 Å². The van der Waals surface area contributed by atoms with Crippen LogP contribution < -0.4 is 11.1 Å². The van der Waals surface area contributed by atoms with Crippen LogP contribution in [0.2, 0.25) is 0 Å². The molecule has 0 aliphatic carbocycles. The molecule has 0 radical (unpaired) electrons. The monoisotopic (exact) mass is 392 g/mol. The van der Waals surface area contributed by atoms with Gasteiger partial charge in [-0.2, -0.15) is 5.10 Å². The third kappa shape index (κ3) is 3.80. The second-order valence-corrected chi connectivity index (χ2v) is 6.77. The van der Waals surface area contributed by atoms with Crippen LogP contribution in [-0.4, -0.2) is 22.8 Å². The number of hydrogen-bond acceptors (Lipinski definition) is 4. The van der Waals surface area contributed by atoms with Gasteiger partial charge in [-0.1, -0.05) is 18.2 Å². The Morgan fingerprint density at radius 1 is 1.10 bits per heavy atom. The van der Waals surface area contributed by atoms with Gasteiger partial charge in [-0.3, -0.25) is 4.79 Å². The summed E-state index contributed by atoms with van der Waals surface area (Å²) in [5.41, 5.74) is 9.05. The molecule has 1 atom stereocenters. The molecule has 5 nitrogen and oxygen atoms in total. The summed E-state index contributed by atoms with van der Waals surface area (Å²) in [6.45, 7) is 1.74. The van der Waals surface area contributed by atoms with Crippen molar-refractivity contribution < 1.29 is 13.6 Å². The van der Waals surface area contributed by atoms with Gasteiger partial charge in [0.25, 0.3) is 5.91 Å². The second-order valence-electron chi connectivity index (χ2n) is 6.77. The van der Waals surface area contributed by atoms with E-state index in [1.54, 1.807) is 49.4 Å². The first-order valence-electron chi connectivity index (χ1n) is 8.98. The molecule has 7 heteroatoms. The van der Waals surface area contributed by atoms with E-state index < -0.39 is 17.8 Å². The average molecular weight is 392 g/mol. The average Bonchev–Trinajstić information content (AvgIpc) is 2.67. The molecule has 2 aromatic rings. The summed E-state index contributed by atoms with van der Waals surface area (Å²) in [6, 6.07) is 10.5. The van der Waals surface area contributed by atoms with Crippen molar-refractivity contribution in [3.8, 4) is 0 Å². The number of allylic oxidation sites excluding steroid dienone is 3. The van der Waals surface area contributed by atoms with Gasteiger partial charge in [0, 0.05) is 29.1 Å². The Morgan fingerprint density at radius 3 is 2.59 bits per heavy atom. The Balaban J connectivity index is 1.78. The van der Waals surface area contributed by atoms with Gasteiger partial charge in [-0.25, -0.2) is 13.8 Å². The van der Waals surface area contributed by atoms with E-state index in [1.807, 2.05) is 0 Å². The molecule has 0 saturated carbocycles. The molecule has 0 fully saturated rings. The van der Waals surface area contributed by atoms with Crippen LogP contribution in [0, 0.1) is 11.6 Å². The number of hydrazone groups is 1. The lowest BCUT2D eigenvalue weighted by molar-refractivity contribution is -0.128. The number of rotatable bonds is 2. The normalized spacial score (nSPS) is 21.6. The summed E-state index contributed by atoms with van der Waals surface area (Å²) in [6.07, 6.45) is 5.86. The van der Waals surface area contributed by atoms with E-state index in [2.05, 4.69) is 10.4 Å². The van der Waals surface area contributed by atoms with Gasteiger partial charge in [0.05, 0.1) is 5.71 Å². The molecule has 0 bridgehead atoms. The fraction of sp³-hybridized carbons (Fsp3) is 0.0909. The maximum atomic E-state index is 14.4. The third-order valence-corrected chi connectivity index (χ3v) is 4.63. The number of halogens is 2. The molecule has 0 saturated heterocycles. The van der Waals surface area contributed by atoms with Crippen LogP contribution in [0.25, 0.3) is 11.3 Å². The summed E-state index contributed by atoms with van der Waals surface area (Å²) < 4.78 is 27.7. The van der Waals surface area contributed by atoms with Crippen LogP contribution in [-0.2, 0) is 4.79 Å². The smallest absolute Gasteiger partial charge is 0.271 e. The lowest BCUT2D eigenvalue weighted by Crippen LogP contribution is -2.47. The molecule has 0 aromatic heterocycles. The highest BCUT2D eigenvalue weighted by Crippen LogP contribution is 2.26. The molecule has 29 heavy (non-hydrogen) atoms. The van der Waals surface area contributed by atoms with Gasteiger partial charge >= 0.3 is 0 Å². The number of carbonyl (C=O) groups is 1. The molecule has 2 aliphatic heterocycles. The number of anilines is 1. The second kappa shape index (κ2) is 7.35. The van der Waals surface area contributed by atoms with E-state index in [4.69, 9.17) is 5.73 Å². The highest BCUT2D eigenvalue weighted by Gasteiger charge is 2.28. The van der Waals surface area contributed by atoms with Crippen molar-refractivity contribution in [3.05, 3.63) is 89.5 Å². The molecule has 3 N–H and O–H groups in total. The Kier molecular flexibility index (Phi) is 4.72. The number of fused-ring (bicyclic) bond motifs is 1. The largest absolute Gasteiger partial charge is 0.399 e. The number of nitrogens with zero attached hydrogens (tertiary/aromatic N) is 2. The van der Waals surface area contributed by atoms with E-state index in [1.165, 1.54) is 23.2 Å². The van der Waals surface area contributed by atoms with Crippen LogP contribution in [0.3, 0.4) is 0 Å². The fourth-order valence-electron chi connectivity index (χ4n) is 3.18. The third-order valence-electron chi connectivity index (χ3n) is 4.63. The topological polar surface area (TPSA) is 70.7 Å². The molecule has 1 unspecified atom stereocenters. The van der Waals surface area contributed by atoms with E-state index in [0.29, 0.717) is 22.7 Å². The summed E-state index contributed by atoms with van der Waals surface area (Å²) in [5.74, 6) is -1.65. The lowest BCUT2D eigenvalue weighted by Gasteiger charge is -2.32. The number of carbonyl (C=O) groups excluding carboxylic acids is 1. The number of nitrogens with one attached hydrogen (secondary N) is 1. The van der Waals surface area contributed by atoms with Crippen molar-refractivity contribution in [1.29, 1.82) is 0 Å². The SMILES string of the molecule is CC1=N/N2C(=O)C=C(c3ccc(N)cc3)NC2C=C(c2ccc(F)cc2F)/C=C\1. The molecule has 2 aromatic carbocycles. The first kappa shape index (κ1) is 18.6. The van der Waals surface area contributed by atoms with Crippen LogP contribution in [0.1, 0.15) is 18.1 Å². The molecule has 2 aliphatic rings. The molecule has 146 valence electrons. The molecule has 0 spiro atoms. The van der Waals surface area contributed by atoms with E-state index >= 15 is 0 Å². The van der Waals surface area contributed by atoms with Crippen molar-refractivity contribution in [2.45, 2.75) is 13.1 Å². The predicted molar refractivity (Wildman–Crippen MR) is 109 cm³/mol. The molecule has 1 amide bonds. The van der Waals surface area contributed by atoms with Crippen molar-refractivity contribution in [1.82, 2.24) is 10.3 Å². The minimum Gasteiger partial charge on any atom is -0.399 e. The van der Waals surface area contributed by atoms with Gasteiger partial charge in [0.1, 0.15) is 17.8 Å². The first-order chi connectivity index (χ1) is 13.9. The maximum Gasteiger partial charge on any atom is 0.271 e. The molecular weight excluding hydrogens is 374 g/mol. The van der Waals surface area contributed by atoms with Gasteiger partial charge in [-0.15, -0.1) is 0 Å². The number of amides is 1. The maximum absolute atomic E-state index is 14.4. The number of hydrogen-bond donors (Lipinski definition) is 2. The number of nitrogen functional groups attached to an aromatic ring is 1. The van der Waals surface area contributed by atoms with Gasteiger partial charge < -0.3 is 11.1 Å². The van der Waals surface area contributed by atoms with Crippen LogP contribution in [0.4, 0.5) is 14.5 Å². The van der Waals surface area contributed by atoms with Crippen LogP contribution in [0.5, 0.6) is 0 Å². The summed E-state index contributed by atoms with van der Waals surface area (Å²) >= 11 is 0. The summed E-state index contributed by atoms with van der Waals surface area (Å²) in [7, 11) is 0. The van der Waals surface area contributed by atoms with Crippen molar-refractivity contribution in [3.63, 3.8) is 0 Å². The standard InChI is InChI=1S/C22H18F2N4O/c1-13-2-3-15(18-9-6-16(23)11-19(18)24)10-21-26-20(12-22(29)28(21)27-13)14-4-7-17(25)8-5-14/h2-12,21,26H,25H2,1H3/b3-2-,15-10?,27-13-. The van der Waals surface area contributed by atoms with Crippen molar-refractivity contribution in [2.24, 2.45) is 5.10 Å². The minimum atomic E-state index is -0.681. The van der Waals surface area contributed by atoms with Gasteiger partial charge in [-0.05, 0) is 54.5 Å². The zero-order valence-corrected chi connectivity index (χ0v) is 15.6. The molecule has 2 heterocycles. The first-order valence-corrected chi connectivity index (χ1v) is 8.98. The Bertz CT molecular complexity index is 1100. The van der Waals surface area contributed by atoms with Crippen molar-refractivity contribution in [2.75, 3.05) is 5.73 Å². The summed E-state index contributed by atoms with van der Waals surface area (Å²) in [5, 5.41) is 8.88. The van der Waals surface area contributed by atoms with Crippen LogP contribution in [0.15, 0.2) is 71.9 Å². The number of nitrogens with two attached hydrogens (primary N) is 1. The molecule has 4 rings (SSSR count). The zero-order chi connectivity index (χ0) is 20.5.